The Kier molecular flexibility index (Phi) is 4.66. The molecule has 3 rings (SSSR count). The molecule has 24 heavy (non-hydrogen) atoms. The molecule has 0 aromatic heterocycles. The van der Waals surface area contributed by atoms with Gasteiger partial charge in [-0.25, -0.2) is 9.59 Å². The quantitative estimate of drug-likeness (QED) is 0.647. The number of carbonyl (C=O) groups is 3. The van der Waals surface area contributed by atoms with E-state index in [0.29, 0.717) is 29.2 Å². The Bertz CT molecular complexity index is 669. The zero-order valence-electron chi connectivity index (χ0n) is 13.0. The van der Waals surface area contributed by atoms with Gasteiger partial charge in [-0.1, -0.05) is 6.07 Å². The van der Waals surface area contributed by atoms with Gasteiger partial charge in [0, 0.05) is 23.0 Å². The van der Waals surface area contributed by atoms with E-state index < -0.39 is 17.4 Å². The lowest BCUT2D eigenvalue weighted by molar-refractivity contribution is -0.143. The van der Waals surface area contributed by atoms with Gasteiger partial charge < -0.3 is 21.1 Å². The lowest BCUT2D eigenvalue weighted by atomic mass is 9.98. The molecular weight excluding hydrogens is 330 g/mol. The predicted molar refractivity (Wildman–Crippen MR) is 91.4 cm³/mol. The third kappa shape index (κ3) is 3.81. The topological polar surface area (TPSA) is 108 Å². The number of carboxylic acids is 1. The molecule has 1 heterocycles. The van der Waals surface area contributed by atoms with Crippen LogP contribution in [0.25, 0.3) is 0 Å². The van der Waals surface area contributed by atoms with Gasteiger partial charge in [-0.15, -0.1) is 0 Å². The molecule has 2 aliphatic rings. The first-order valence-electron chi connectivity index (χ1n) is 7.80. The summed E-state index contributed by atoms with van der Waals surface area (Å²) in [5.41, 5.74) is -0.406. The van der Waals surface area contributed by atoms with Gasteiger partial charge >= 0.3 is 12.0 Å². The number of hydrogen-bond acceptors (Lipinski definition) is 4. The van der Waals surface area contributed by atoms with Crippen LogP contribution in [0.5, 0.6) is 0 Å². The van der Waals surface area contributed by atoms with Gasteiger partial charge in [0.1, 0.15) is 5.54 Å². The molecule has 1 saturated heterocycles. The van der Waals surface area contributed by atoms with Gasteiger partial charge in [0.25, 0.3) is 5.91 Å². The van der Waals surface area contributed by atoms with Crippen molar-refractivity contribution in [1.82, 2.24) is 10.6 Å². The Morgan fingerprint density at radius 2 is 2.04 bits per heavy atom. The van der Waals surface area contributed by atoms with Gasteiger partial charge in [0.15, 0.2) is 0 Å². The molecule has 3 amide bonds. The van der Waals surface area contributed by atoms with Crippen LogP contribution in [0.2, 0.25) is 0 Å². The molecule has 1 atom stereocenters. The zero-order valence-corrected chi connectivity index (χ0v) is 13.8. The molecule has 128 valence electrons. The van der Waals surface area contributed by atoms with Crippen LogP contribution in [-0.4, -0.2) is 46.1 Å². The van der Waals surface area contributed by atoms with E-state index in [9.17, 15) is 19.5 Å². The molecule has 1 aromatic rings. The second-order valence-electron chi connectivity index (χ2n) is 6.10. The molecule has 1 saturated carbocycles. The number of rotatable bonds is 5. The number of carboxylic acid groups (broad SMARTS) is 1. The van der Waals surface area contributed by atoms with E-state index in [-0.39, 0.29) is 12.1 Å². The molecule has 0 bridgehead atoms. The summed E-state index contributed by atoms with van der Waals surface area (Å²) in [5.74, 6) is -0.407. The zero-order chi connectivity index (χ0) is 17.2. The minimum absolute atomic E-state index is 0.242. The summed E-state index contributed by atoms with van der Waals surface area (Å²) >= 11 is 1.51. The highest BCUT2D eigenvalue weighted by Gasteiger charge is 2.43. The van der Waals surface area contributed by atoms with E-state index in [1.165, 1.54) is 11.8 Å². The van der Waals surface area contributed by atoms with Crippen LogP contribution in [0.15, 0.2) is 24.3 Å². The Labute approximate surface area is 143 Å². The van der Waals surface area contributed by atoms with Crippen molar-refractivity contribution in [3.63, 3.8) is 0 Å². The average Bonchev–Trinajstić information content (AvgIpc) is 3.22. The Hall–Kier alpha value is -2.22. The number of hydrogen-bond donors (Lipinski definition) is 4. The standard InChI is InChI=1S/C16H19N3O4S/c20-13(19-16(14(21)22)6-7-24-9-16)10-2-1-3-12(8-10)18-15(23)17-11-4-5-11/h1-3,8,11H,4-7,9H2,(H,19,20)(H,21,22)(H2,17,18,23). The molecule has 1 unspecified atom stereocenters. The van der Waals surface area contributed by atoms with Gasteiger partial charge in [-0.05, 0) is 43.2 Å². The molecule has 2 fully saturated rings. The lowest BCUT2D eigenvalue weighted by Crippen LogP contribution is -2.54. The summed E-state index contributed by atoms with van der Waals surface area (Å²) in [6.07, 6.45) is 2.39. The highest BCUT2D eigenvalue weighted by Crippen LogP contribution is 2.28. The van der Waals surface area contributed by atoms with Crippen molar-refractivity contribution >= 4 is 35.4 Å². The second-order valence-corrected chi connectivity index (χ2v) is 7.20. The van der Waals surface area contributed by atoms with Crippen molar-refractivity contribution in [2.45, 2.75) is 30.8 Å². The third-order valence-electron chi connectivity index (χ3n) is 4.08. The summed E-state index contributed by atoms with van der Waals surface area (Å²) in [5, 5.41) is 17.6. The average molecular weight is 349 g/mol. The number of benzene rings is 1. The maximum absolute atomic E-state index is 12.4. The Morgan fingerprint density at radius 1 is 1.25 bits per heavy atom. The van der Waals surface area contributed by atoms with Crippen molar-refractivity contribution in [3.8, 4) is 0 Å². The Morgan fingerprint density at radius 3 is 2.67 bits per heavy atom. The van der Waals surface area contributed by atoms with Crippen molar-refractivity contribution in [1.29, 1.82) is 0 Å². The SMILES string of the molecule is O=C(Nc1cccc(C(=O)NC2(C(=O)O)CCSC2)c1)NC1CC1. The summed E-state index contributed by atoms with van der Waals surface area (Å²) in [7, 11) is 0. The van der Waals surface area contributed by atoms with Crippen LogP contribution in [0.4, 0.5) is 10.5 Å². The highest BCUT2D eigenvalue weighted by molar-refractivity contribution is 7.99. The molecule has 0 radical (unpaired) electrons. The maximum Gasteiger partial charge on any atom is 0.330 e. The fourth-order valence-corrected chi connectivity index (χ4v) is 3.82. The maximum atomic E-state index is 12.4. The first kappa shape index (κ1) is 16.6. The number of nitrogens with one attached hydrogen (secondary N) is 3. The fraction of sp³-hybridized carbons (Fsp3) is 0.438. The van der Waals surface area contributed by atoms with Crippen LogP contribution >= 0.6 is 11.8 Å². The molecule has 1 aromatic carbocycles. The van der Waals surface area contributed by atoms with Crippen molar-refractivity contribution in [2.75, 3.05) is 16.8 Å². The summed E-state index contributed by atoms with van der Waals surface area (Å²) in [6.45, 7) is 0. The largest absolute Gasteiger partial charge is 0.479 e. The molecule has 1 aliphatic carbocycles. The molecule has 4 N–H and O–H groups in total. The minimum atomic E-state index is -1.21. The first-order valence-corrected chi connectivity index (χ1v) is 8.95. The number of amides is 3. The second kappa shape index (κ2) is 6.72. The molecular formula is C16H19N3O4S. The van der Waals surface area contributed by atoms with E-state index in [2.05, 4.69) is 16.0 Å². The monoisotopic (exact) mass is 349 g/mol. The van der Waals surface area contributed by atoms with Gasteiger partial charge in [-0.3, -0.25) is 4.79 Å². The normalized spacial score (nSPS) is 22.7. The van der Waals surface area contributed by atoms with Crippen LogP contribution in [0, 0.1) is 0 Å². The molecule has 1 aliphatic heterocycles. The fourth-order valence-electron chi connectivity index (χ4n) is 2.49. The van der Waals surface area contributed by atoms with Crippen LogP contribution in [0.3, 0.4) is 0 Å². The predicted octanol–water partition coefficient (Wildman–Crippen LogP) is 1.66. The van der Waals surface area contributed by atoms with Gasteiger partial charge in [0.05, 0.1) is 0 Å². The Balaban J connectivity index is 1.67. The summed E-state index contributed by atoms with van der Waals surface area (Å²) in [6, 6.07) is 6.41. The van der Waals surface area contributed by atoms with Crippen LogP contribution in [-0.2, 0) is 4.79 Å². The molecule has 8 heteroatoms. The first-order chi connectivity index (χ1) is 11.5. The smallest absolute Gasteiger partial charge is 0.330 e. The van der Waals surface area contributed by atoms with Crippen LogP contribution < -0.4 is 16.0 Å². The van der Waals surface area contributed by atoms with Crippen LogP contribution in [0.1, 0.15) is 29.6 Å². The highest BCUT2D eigenvalue weighted by atomic mass is 32.2. The van der Waals surface area contributed by atoms with E-state index in [1.54, 1.807) is 24.3 Å². The number of carbonyl (C=O) groups excluding carboxylic acids is 2. The number of urea groups is 1. The number of aliphatic carboxylic acids is 1. The van der Waals surface area contributed by atoms with E-state index >= 15 is 0 Å². The van der Waals surface area contributed by atoms with E-state index in [1.807, 2.05) is 0 Å². The van der Waals surface area contributed by atoms with Crippen molar-refractivity contribution in [2.24, 2.45) is 0 Å². The van der Waals surface area contributed by atoms with E-state index in [4.69, 9.17) is 0 Å². The molecule has 7 nitrogen and oxygen atoms in total. The molecule has 0 spiro atoms. The van der Waals surface area contributed by atoms with Crippen molar-refractivity contribution in [3.05, 3.63) is 29.8 Å². The van der Waals surface area contributed by atoms with Gasteiger partial charge in [0.2, 0.25) is 0 Å². The number of anilines is 1. The van der Waals surface area contributed by atoms with E-state index in [0.717, 1.165) is 12.8 Å². The number of thioether (sulfide) groups is 1. The minimum Gasteiger partial charge on any atom is -0.479 e. The summed E-state index contributed by atoms with van der Waals surface area (Å²) in [4.78, 5) is 35.7. The van der Waals surface area contributed by atoms with Crippen molar-refractivity contribution < 1.29 is 19.5 Å². The third-order valence-corrected chi connectivity index (χ3v) is 5.27. The van der Waals surface area contributed by atoms with Gasteiger partial charge in [-0.2, -0.15) is 11.8 Å². The summed E-state index contributed by atoms with van der Waals surface area (Å²) < 4.78 is 0. The lowest BCUT2D eigenvalue weighted by Gasteiger charge is -2.24.